The molecule has 2 aromatic heterocycles. The number of para-hydroxylation sites is 1. The Kier molecular flexibility index (Phi) is 5.17. The molecule has 0 saturated carbocycles. The van der Waals surface area contributed by atoms with E-state index in [1.165, 1.54) is 82.1 Å². The number of piperidine rings is 1. The minimum Gasteiger partial charge on any atom is -0.339 e. The van der Waals surface area contributed by atoms with Gasteiger partial charge in [-0.05, 0) is 56.0 Å². The van der Waals surface area contributed by atoms with Gasteiger partial charge in [0.05, 0.1) is 16.9 Å². The predicted octanol–water partition coefficient (Wildman–Crippen LogP) is 7.46. The second-order valence-electron chi connectivity index (χ2n) is 10.2. The van der Waals surface area contributed by atoms with Crippen LogP contribution in [-0.2, 0) is 19.5 Å². The second-order valence-corrected chi connectivity index (χ2v) is 10.2. The van der Waals surface area contributed by atoms with Crippen molar-refractivity contribution in [1.29, 1.82) is 0 Å². The van der Waals surface area contributed by atoms with Gasteiger partial charge in [0.25, 0.3) is 0 Å². The van der Waals surface area contributed by atoms with Gasteiger partial charge in [-0.3, -0.25) is 4.90 Å². The predicted molar refractivity (Wildman–Crippen MR) is 146 cm³/mol. The molecule has 2 aliphatic rings. The SMILES string of the molecule is c1ccc(-c2c(-c3ccc(CN4CCCCC4)cc3)nc3c4c2c2ccccc2n4CCC3)cc1. The van der Waals surface area contributed by atoms with Crippen LogP contribution < -0.4 is 0 Å². The smallest absolute Gasteiger partial charge is 0.0791 e. The van der Waals surface area contributed by atoms with E-state index in [4.69, 9.17) is 4.98 Å². The summed E-state index contributed by atoms with van der Waals surface area (Å²) in [6.45, 7) is 4.57. The molecule has 5 aromatic rings. The maximum Gasteiger partial charge on any atom is 0.0791 e. The molecule has 0 spiro atoms. The van der Waals surface area contributed by atoms with E-state index < -0.39 is 0 Å². The van der Waals surface area contributed by atoms with E-state index in [-0.39, 0.29) is 0 Å². The number of hydrogen-bond donors (Lipinski definition) is 0. The molecule has 0 N–H and O–H groups in total. The first-order valence-corrected chi connectivity index (χ1v) is 13.2. The van der Waals surface area contributed by atoms with Crippen molar-refractivity contribution in [2.24, 2.45) is 0 Å². The van der Waals surface area contributed by atoms with Crippen LogP contribution in [0.2, 0.25) is 0 Å². The summed E-state index contributed by atoms with van der Waals surface area (Å²) in [7, 11) is 0. The Morgan fingerprint density at radius 2 is 1.46 bits per heavy atom. The van der Waals surface area contributed by atoms with Gasteiger partial charge in [-0.1, -0.05) is 79.2 Å². The topological polar surface area (TPSA) is 21.1 Å². The minimum absolute atomic E-state index is 1.04. The van der Waals surface area contributed by atoms with Gasteiger partial charge in [0.2, 0.25) is 0 Å². The fraction of sp³-hybridized carbons (Fsp3) is 0.281. The Morgan fingerprint density at radius 1 is 0.686 bits per heavy atom. The maximum atomic E-state index is 5.39. The van der Waals surface area contributed by atoms with Gasteiger partial charge in [0.1, 0.15) is 0 Å². The first-order valence-electron chi connectivity index (χ1n) is 13.2. The van der Waals surface area contributed by atoms with Crippen LogP contribution in [0.3, 0.4) is 0 Å². The van der Waals surface area contributed by atoms with E-state index in [0.717, 1.165) is 31.6 Å². The second kappa shape index (κ2) is 8.66. The van der Waals surface area contributed by atoms with Crippen LogP contribution in [0.5, 0.6) is 0 Å². The van der Waals surface area contributed by atoms with Crippen molar-refractivity contribution >= 4 is 21.8 Å². The van der Waals surface area contributed by atoms with Gasteiger partial charge in [-0.25, -0.2) is 4.98 Å². The molecule has 0 aliphatic carbocycles. The number of rotatable bonds is 4. The van der Waals surface area contributed by atoms with Crippen LogP contribution in [0.15, 0.2) is 78.9 Å². The lowest BCUT2D eigenvalue weighted by atomic mass is 9.92. The average molecular weight is 458 g/mol. The molecule has 7 rings (SSSR count). The van der Waals surface area contributed by atoms with Crippen molar-refractivity contribution in [2.75, 3.05) is 13.1 Å². The third-order valence-corrected chi connectivity index (χ3v) is 7.92. The summed E-state index contributed by atoms with van der Waals surface area (Å²) in [5.74, 6) is 0. The normalized spacial score (nSPS) is 16.2. The molecule has 1 fully saturated rings. The Hall–Kier alpha value is -3.43. The highest BCUT2D eigenvalue weighted by Gasteiger charge is 2.25. The molecule has 1 saturated heterocycles. The van der Waals surface area contributed by atoms with Gasteiger partial charge in [-0.15, -0.1) is 0 Å². The Labute approximate surface area is 207 Å². The zero-order valence-corrected chi connectivity index (χ0v) is 20.2. The first-order chi connectivity index (χ1) is 17.4. The summed E-state index contributed by atoms with van der Waals surface area (Å²) in [6.07, 6.45) is 6.23. The van der Waals surface area contributed by atoms with E-state index in [1.807, 2.05) is 0 Å². The highest BCUT2D eigenvalue weighted by atomic mass is 15.1. The summed E-state index contributed by atoms with van der Waals surface area (Å²) in [5, 5.41) is 2.71. The fourth-order valence-corrected chi connectivity index (χ4v) is 6.27. The van der Waals surface area contributed by atoms with Crippen molar-refractivity contribution in [3.8, 4) is 22.4 Å². The highest BCUT2D eigenvalue weighted by Crippen LogP contribution is 2.44. The standard InChI is InChI=1S/C32H31N3/c1-3-10-24(11-4-1)29-30-26-12-5-6-14-28(26)35-21-9-13-27(32(30)35)33-31(29)25-17-15-23(16-18-25)22-34-19-7-2-8-20-34/h1,3-6,10-12,14-18H,2,7-9,13,19-22H2. The molecule has 174 valence electrons. The third kappa shape index (κ3) is 3.57. The number of aromatic nitrogens is 2. The zero-order chi connectivity index (χ0) is 23.2. The molecule has 0 amide bonds. The molecule has 0 unspecified atom stereocenters. The number of benzene rings is 3. The lowest BCUT2D eigenvalue weighted by molar-refractivity contribution is 0.221. The number of hydrogen-bond acceptors (Lipinski definition) is 2. The summed E-state index contributed by atoms with van der Waals surface area (Å²) < 4.78 is 2.51. The zero-order valence-electron chi connectivity index (χ0n) is 20.2. The molecule has 3 heteroatoms. The summed E-state index contributed by atoms with van der Waals surface area (Å²) in [4.78, 5) is 7.98. The largest absolute Gasteiger partial charge is 0.339 e. The van der Waals surface area contributed by atoms with Crippen LogP contribution >= 0.6 is 0 Å². The van der Waals surface area contributed by atoms with E-state index in [0.29, 0.717) is 0 Å². The van der Waals surface area contributed by atoms with Crippen molar-refractivity contribution in [2.45, 2.75) is 45.2 Å². The Balaban J connectivity index is 1.43. The number of fused-ring (bicyclic) bond motifs is 3. The molecule has 35 heavy (non-hydrogen) atoms. The van der Waals surface area contributed by atoms with E-state index in [2.05, 4.69) is 88.3 Å². The Bertz CT molecular complexity index is 1510. The first kappa shape index (κ1) is 20.9. The monoisotopic (exact) mass is 457 g/mol. The van der Waals surface area contributed by atoms with Crippen molar-refractivity contribution in [3.63, 3.8) is 0 Å². The lowest BCUT2D eigenvalue weighted by Crippen LogP contribution is -2.29. The van der Waals surface area contributed by atoms with E-state index >= 15 is 0 Å². The quantitative estimate of drug-likeness (QED) is 0.279. The Morgan fingerprint density at radius 3 is 2.29 bits per heavy atom. The summed E-state index contributed by atoms with van der Waals surface area (Å²) >= 11 is 0. The van der Waals surface area contributed by atoms with Crippen molar-refractivity contribution < 1.29 is 0 Å². The number of pyridine rings is 1. The highest BCUT2D eigenvalue weighted by molar-refractivity contribution is 6.18. The molecular formula is C32H31N3. The van der Waals surface area contributed by atoms with Gasteiger partial charge < -0.3 is 4.57 Å². The number of nitrogens with zero attached hydrogens (tertiary/aromatic N) is 3. The molecule has 3 aromatic carbocycles. The van der Waals surface area contributed by atoms with Gasteiger partial charge in [-0.2, -0.15) is 0 Å². The molecule has 2 aliphatic heterocycles. The fourth-order valence-electron chi connectivity index (χ4n) is 6.27. The third-order valence-electron chi connectivity index (χ3n) is 7.92. The average Bonchev–Trinajstić information content (AvgIpc) is 3.26. The van der Waals surface area contributed by atoms with Crippen LogP contribution in [0, 0.1) is 0 Å². The van der Waals surface area contributed by atoms with Crippen LogP contribution in [-0.4, -0.2) is 27.5 Å². The molecule has 0 radical (unpaired) electrons. The van der Waals surface area contributed by atoms with Crippen LogP contribution in [0.25, 0.3) is 44.2 Å². The van der Waals surface area contributed by atoms with Gasteiger partial charge >= 0.3 is 0 Å². The number of likely N-dealkylation sites (tertiary alicyclic amines) is 1. The molecule has 4 heterocycles. The molecular weight excluding hydrogens is 426 g/mol. The molecule has 0 bridgehead atoms. The van der Waals surface area contributed by atoms with Crippen molar-refractivity contribution in [3.05, 3.63) is 90.1 Å². The van der Waals surface area contributed by atoms with Crippen LogP contribution in [0.1, 0.15) is 36.9 Å². The maximum absolute atomic E-state index is 5.39. The molecule has 3 nitrogen and oxygen atoms in total. The van der Waals surface area contributed by atoms with Crippen molar-refractivity contribution in [1.82, 2.24) is 14.5 Å². The summed E-state index contributed by atoms with van der Waals surface area (Å²) in [6, 6.07) is 29.0. The molecule has 0 atom stereocenters. The van der Waals surface area contributed by atoms with Crippen LogP contribution in [0.4, 0.5) is 0 Å². The number of aryl methyl sites for hydroxylation is 2. The summed E-state index contributed by atoms with van der Waals surface area (Å²) in [5.41, 5.74) is 10.2. The van der Waals surface area contributed by atoms with Gasteiger partial charge in [0, 0.05) is 40.5 Å². The van der Waals surface area contributed by atoms with E-state index in [1.54, 1.807) is 0 Å². The van der Waals surface area contributed by atoms with E-state index in [9.17, 15) is 0 Å². The van der Waals surface area contributed by atoms with Gasteiger partial charge in [0.15, 0.2) is 0 Å². The minimum atomic E-state index is 1.04. The lowest BCUT2D eigenvalue weighted by Gasteiger charge is -2.26.